The highest BCUT2D eigenvalue weighted by Gasteiger charge is 2.34. The van der Waals surface area contributed by atoms with Gasteiger partial charge in [-0.1, -0.05) is 19.3 Å². The van der Waals surface area contributed by atoms with Crippen molar-refractivity contribution in [1.29, 1.82) is 0 Å². The smallest absolute Gasteiger partial charge is 0.261 e. The summed E-state index contributed by atoms with van der Waals surface area (Å²) in [5, 5.41) is 0. The molecular formula is C17H23N3O4S. The lowest BCUT2D eigenvalue weighted by molar-refractivity contribution is 0.0693. The van der Waals surface area contributed by atoms with Crippen LogP contribution in [0.2, 0.25) is 0 Å². The van der Waals surface area contributed by atoms with Crippen LogP contribution < -0.4 is 10.5 Å². The van der Waals surface area contributed by atoms with E-state index in [0.29, 0.717) is 0 Å². The molecule has 1 unspecified atom stereocenters. The molecule has 1 aromatic carbocycles. The first-order chi connectivity index (χ1) is 11.8. The zero-order valence-electron chi connectivity index (χ0n) is 14.2. The van der Waals surface area contributed by atoms with Crippen molar-refractivity contribution in [3.63, 3.8) is 0 Å². The third-order valence-corrected chi connectivity index (χ3v) is 6.64. The molecule has 1 atom stereocenters. The Bertz CT molecular complexity index is 800. The van der Waals surface area contributed by atoms with Crippen LogP contribution in [0.3, 0.4) is 0 Å². The number of benzene rings is 1. The number of fused-ring (bicyclic) bond motifs is 1. The van der Waals surface area contributed by atoms with Crippen molar-refractivity contribution in [2.45, 2.75) is 43.0 Å². The molecular weight excluding hydrogens is 342 g/mol. The molecule has 3 N–H and O–H groups in total. The molecule has 0 aromatic heterocycles. The maximum Gasteiger partial charge on any atom is 0.261 e. The van der Waals surface area contributed by atoms with E-state index in [9.17, 15) is 18.0 Å². The summed E-state index contributed by atoms with van der Waals surface area (Å²) in [5.74, 6) is -0.670. The highest BCUT2D eigenvalue weighted by molar-refractivity contribution is 7.89. The maximum atomic E-state index is 12.7. The molecule has 25 heavy (non-hydrogen) atoms. The molecule has 0 saturated heterocycles. The van der Waals surface area contributed by atoms with Crippen LogP contribution in [0.25, 0.3) is 0 Å². The van der Waals surface area contributed by atoms with E-state index in [1.807, 2.05) is 0 Å². The Morgan fingerprint density at radius 2 is 1.80 bits per heavy atom. The van der Waals surface area contributed by atoms with Crippen molar-refractivity contribution in [2.24, 2.45) is 11.7 Å². The van der Waals surface area contributed by atoms with E-state index in [1.54, 1.807) is 0 Å². The van der Waals surface area contributed by atoms with Crippen LogP contribution in [0.1, 0.15) is 52.8 Å². The Hall–Kier alpha value is -1.77. The van der Waals surface area contributed by atoms with Crippen LogP contribution in [0, 0.1) is 5.92 Å². The van der Waals surface area contributed by atoms with Gasteiger partial charge in [0.05, 0.1) is 16.0 Å². The van der Waals surface area contributed by atoms with Crippen molar-refractivity contribution in [3.8, 4) is 0 Å². The van der Waals surface area contributed by atoms with E-state index in [0.717, 1.165) is 30.6 Å². The third-order valence-electron chi connectivity index (χ3n) is 5.15. The molecule has 0 bridgehead atoms. The zero-order valence-corrected chi connectivity index (χ0v) is 15.0. The van der Waals surface area contributed by atoms with Crippen molar-refractivity contribution >= 4 is 21.8 Å². The number of nitrogens with one attached hydrogen (secondary N) is 1. The van der Waals surface area contributed by atoms with Gasteiger partial charge >= 0.3 is 0 Å². The van der Waals surface area contributed by atoms with Gasteiger partial charge in [0.25, 0.3) is 11.8 Å². The van der Waals surface area contributed by atoms with Gasteiger partial charge in [-0.3, -0.25) is 14.5 Å². The van der Waals surface area contributed by atoms with E-state index < -0.39 is 21.8 Å². The Kier molecular flexibility index (Phi) is 4.95. The van der Waals surface area contributed by atoms with Crippen LogP contribution in [0.4, 0.5) is 0 Å². The summed E-state index contributed by atoms with van der Waals surface area (Å²) in [4.78, 5) is 25.0. The summed E-state index contributed by atoms with van der Waals surface area (Å²) in [7, 11) is -2.43. The monoisotopic (exact) mass is 365 g/mol. The lowest BCUT2D eigenvalue weighted by Gasteiger charge is -2.29. The van der Waals surface area contributed by atoms with E-state index in [2.05, 4.69) is 4.72 Å². The average Bonchev–Trinajstić information content (AvgIpc) is 2.84. The molecule has 1 aromatic rings. The quantitative estimate of drug-likeness (QED) is 0.759. The van der Waals surface area contributed by atoms with Gasteiger partial charge < -0.3 is 5.73 Å². The second-order valence-corrected chi connectivity index (χ2v) is 8.45. The highest BCUT2D eigenvalue weighted by Crippen LogP contribution is 2.28. The molecule has 2 aliphatic rings. The molecule has 7 nitrogen and oxygen atoms in total. The number of rotatable bonds is 5. The molecule has 1 saturated carbocycles. The summed E-state index contributed by atoms with van der Waals surface area (Å²) in [6, 6.07) is 3.71. The topological polar surface area (TPSA) is 110 Å². The first kappa shape index (κ1) is 18.0. The molecule has 1 aliphatic heterocycles. The first-order valence-electron chi connectivity index (χ1n) is 8.54. The molecule has 136 valence electrons. The van der Waals surface area contributed by atoms with Crippen LogP contribution in [0.5, 0.6) is 0 Å². The predicted molar refractivity (Wildman–Crippen MR) is 92.6 cm³/mol. The Balaban J connectivity index is 1.85. The number of sulfonamides is 1. The van der Waals surface area contributed by atoms with E-state index in [4.69, 9.17) is 5.73 Å². The fourth-order valence-electron chi connectivity index (χ4n) is 3.65. The van der Waals surface area contributed by atoms with Gasteiger partial charge in [-0.25, -0.2) is 13.1 Å². The predicted octanol–water partition coefficient (Wildman–Crippen LogP) is 1.10. The second-order valence-electron chi connectivity index (χ2n) is 6.74. The van der Waals surface area contributed by atoms with Gasteiger partial charge in [0.15, 0.2) is 0 Å². The third kappa shape index (κ3) is 3.33. The fourth-order valence-corrected chi connectivity index (χ4v) is 4.99. The van der Waals surface area contributed by atoms with Crippen molar-refractivity contribution in [3.05, 3.63) is 29.3 Å². The second kappa shape index (κ2) is 6.86. The van der Waals surface area contributed by atoms with Crippen molar-refractivity contribution < 1.29 is 18.0 Å². The summed E-state index contributed by atoms with van der Waals surface area (Å²) in [6.45, 7) is 0.231. The lowest BCUT2D eigenvalue weighted by atomic mass is 9.84. The number of carbonyl (C=O) groups is 2. The van der Waals surface area contributed by atoms with Gasteiger partial charge in [-0.05, 0) is 37.0 Å². The van der Waals surface area contributed by atoms with Gasteiger partial charge in [0.2, 0.25) is 10.0 Å². The highest BCUT2D eigenvalue weighted by atomic mass is 32.2. The van der Waals surface area contributed by atoms with Gasteiger partial charge in [0.1, 0.15) is 0 Å². The molecule has 1 aliphatic carbocycles. The maximum absolute atomic E-state index is 12.7. The van der Waals surface area contributed by atoms with Crippen LogP contribution >= 0.6 is 0 Å². The number of hydrogen-bond acceptors (Lipinski definition) is 5. The summed E-state index contributed by atoms with van der Waals surface area (Å²) >= 11 is 0. The van der Waals surface area contributed by atoms with E-state index in [1.165, 1.54) is 31.7 Å². The largest absolute Gasteiger partial charge is 0.329 e. The van der Waals surface area contributed by atoms with Crippen LogP contribution in [-0.2, 0) is 10.0 Å². The minimum Gasteiger partial charge on any atom is -0.329 e. The first-order valence-corrected chi connectivity index (χ1v) is 10.0. The van der Waals surface area contributed by atoms with Crippen LogP contribution in [-0.4, -0.2) is 44.8 Å². The van der Waals surface area contributed by atoms with Crippen molar-refractivity contribution in [1.82, 2.24) is 9.62 Å². The van der Waals surface area contributed by atoms with Gasteiger partial charge in [-0.15, -0.1) is 0 Å². The van der Waals surface area contributed by atoms with E-state index >= 15 is 0 Å². The molecule has 0 radical (unpaired) electrons. The minimum absolute atomic E-state index is 0.0167. The number of imide groups is 1. The number of hydrogen-bond donors (Lipinski definition) is 2. The Morgan fingerprint density at radius 3 is 2.44 bits per heavy atom. The molecule has 1 fully saturated rings. The molecule has 0 spiro atoms. The molecule has 8 heteroatoms. The summed E-state index contributed by atoms with van der Waals surface area (Å²) in [6.07, 6.45) is 5.28. The minimum atomic E-state index is -3.81. The van der Waals surface area contributed by atoms with Crippen LogP contribution in [0.15, 0.2) is 23.1 Å². The fraction of sp³-hybridized carbons (Fsp3) is 0.529. The number of carbonyl (C=O) groups excluding carboxylic acids is 2. The zero-order chi connectivity index (χ0) is 18.2. The van der Waals surface area contributed by atoms with Gasteiger partial charge in [0, 0.05) is 19.6 Å². The standard InChI is InChI=1S/C17H23N3O4S/c1-20-16(21)13-8-7-12(9-14(13)17(20)22)25(23,24)19-15(10-18)11-5-3-2-4-6-11/h7-9,11,15,19H,2-6,10,18H2,1H3. The number of amides is 2. The SMILES string of the molecule is CN1C(=O)c2ccc(S(=O)(=O)NC(CN)C3CCCCC3)cc2C1=O. The number of nitrogens with zero attached hydrogens (tertiary/aromatic N) is 1. The lowest BCUT2D eigenvalue weighted by Crippen LogP contribution is -2.45. The number of nitrogens with two attached hydrogens (primary N) is 1. The summed E-state index contributed by atoms with van der Waals surface area (Å²) < 4.78 is 28.2. The average molecular weight is 365 g/mol. The summed E-state index contributed by atoms with van der Waals surface area (Å²) in [5.41, 5.74) is 6.16. The van der Waals surface area contributed by atoms with Crippen molar-refractivity contribution in [2.75, 3.05) is 13.6 Å². The molecule has 3 rings (SSSR count). The van der Waals surface area contributed by atoms with Gasteiger partial charge in [-0.2, -0.15) is 0 Å². The van der Waals surface area contributed by atoms with E-state index in [-0.39, 0.29) is 34.5 Å². The molecule has 1 heterocycles. The Morgan fingerprint density at radius 1 is 1.16 bits per heavy atom. The Labute approximate surface area is 147 Å². The normalized spacial score (nSPS) is 20.0. The molecule has 2 amide bonds.